The Morgan fingerprint density at radius 3 is 2.50 bits per heavy atom. The maximum atomic E-state index is 11.0. The van der Waals surface area contributed by atoms with E-state index in [9.17, 15) is 9.90 Å². The van der Waals surface area contributed by atoms with Crippen LogP contribution in [0, 0.1) is 11.3 Å². The van der Waals surface area contributed by atoms with Gasteiger partial charge in [0.2, 0.25) is 0 Å². The standard InChI is InChI=1S/C11H20O3/c1-4-8-5-6-11(14,7-8)10(2,3)9(12)13/h8,14H,4-7H2,1-3H3,(H,12,13). The second-order valence-corrected chi connectivity index (χ2v) is 4.98. The summed E-state index contributed by atoms with van der Waals surface area (Å²) in [5, 5.41) is 19.4. The minimum atomic E-state index is -1.03. The van der Waals surface area contributed by atoms with Crippen LogP contribution in [0.4, 0.5) is 0 Å². The highest BCUT2D eigenvalue weighted by Gasteiger charge is 2.52. The highest BCUT2D eigenvalue weighted by molar-refractivity contribution is 5.75. The van der Waals surface area contributed by atoms with Crippen molar-refractivity contribution in [2.75, 3.05) is 0 Å². The first-order valence-corrected chi connectivity index (χ1v) is 5.29. The van der Waals surface area contributed by atoms with Crippen molar-refractivity contribution in [2.24, 2.45) is 11.3 Å². The summed E-state index contributed by atoms with van der Waals surface area (Å²) < 4.78 is 0. The maximum Gasteiger partial charge on any atom is 0.312 e. The van der Waals surface area contributed by atoms with E-state index in [2.05, 4.69) is 6.92 Å². The molecule has 2 N–H and O–H groups in total. The molecule has 0 saturated heterocycles. The van der Waals surface area contributed by atoms with Gasteiger partial charge < -0.3 is 10.2 Å². The Balaban J connectivity index is 2.82. The third kappa shape index (κ3) is 1.65. The average Bonchev–Trinajstić information content (AvgIpc) is 2.49. The summed E-state index contributed by atoms with van der Waals surface area (Å²) in [4.78, 5) is 11.0. The number of rotatable bonds is 3. The first kappa shape index (κ1) is 11.5. The van der Waals surface area contributed by atoms with Gasteiger partial charge in [-0.3, -0.25) is 4.79 Å². The van der Waals surface area contributed by atoms with Crippen LogP contribution in [0.15, 0.2) is 0 Å². The largest absolute Gasteiger partial charge is 0.481 e. The molecule has 0 spiro atoms. The van der Waals surface area contributed by atoms with Crippen molar-refractivity contribution < 1.29 is 15.0 Å². The molecule has 0 aromatic carbocycles. The fourth-order valence-corrected chi connectivity index (χ4v) is 2.24. The Labute approximate surface area is 85.1 Å². The predicted molar refractivity (Wildman–Crippen MR) is 54.0 cm³/mol. The van der Waals surface area contributed by atoms with Crippen LogP contribution in [0.25, 0.3) is 0 Å². The van der Waals surface area contributed by atoms with Gasteiger partial charge >= 0.3 is 5.97 Å². The maximum absolute atomic E-state index is 11.0. The number of carboxylic acids is 1. The fourth-order valence-electron chi connectivity index (χ4n) is 2.24. The Kier molecular flexibility index (Phi) is 2.91. The fraction of sp³-hybridized carbons (Fsp3) is 0.909. The van der Waals surface area contributed by atoms with Crippen molar-refractivity contribution in [3.63, 3.8) is 0 Å². The normalized spacial score (nSPS) is 33.3. The van der Waals surface area contributed by atoms with Gasteiger partial charge in [-0.1, -0.05) is 13.3 Å². The molecule has 0 radical (unpaired) electrons. The van der Waals surface area contributed by atoms with Crippen molar-refractivity contribution in [2.45, 2.75) is 52.1 Å². The molecule has 0 heterocycles. The molecule has 1 saturated carbocycles. The van der Waals surface area contributed by atoms with Crippen LogP contribution in [0.2, 0.25) is 0 Å². The van der Waals surface area contributed by atoms with Crippen LogP contribution < -0.4 is 0 Å². The lowest BCUT2D eigenvalue weighted by molar-refractivity contribution is -0.164. The molecule has 0 amide bonds. The summed E-state index contributed by atoms with van der Waals surface area (Å²) in [6, 6.07) is 0. The second kappa shape index (κ2) is 3.54. The molecule has 1 fully saturated rings. The number of carbonyl (C=O) groups is 1. The van der Waals surface area contributed by atoms with Crippen LogP contribution in [-0.4, -0.2) is 21.8 Å². The first-order chi connectivity index (χ1) is 6.33. The van der Waals surface area contributed by atoms with Gasteiger partial charge in [0, 0.05) is 0 Å². The van der Waals surface area contributed by atoms with Crippen LogP contribution in [0.5, 0.6) is 0 Å². The highest BCUT2D eigenvalue weighted by atomic mass is 16.4. The Hall–Kier alpha value is -0.570. The van der Waals surface area contributed by atoms with Crippen molar-refractivity contribution in [1.82, 2.24) is 0 Å². The summed E-state index contributed by atoms with van der Waals surface area (Å²) in [7, 11) is 0. The van der Waals surface area contributed by atoms with Crippen molar-refractivity contribution in [3.05, 3.63) is 0 Å². The molecule has 0 aliphatic heterocycles. The Morgan fingerprint density at radius 1 is 1.57 bits per heavy atom. The molecule has 2 atom stereocenters. The number of aliphatic carboxylic acids is 1. The van der Waals surface area contributed by atoms with Crippen LogP contribution in [-0.2, 0) is 4.79 Å². The molecule has 14 heavy (non-hydrogen) atoms. The lowest BCUT2D eigenvalue weighted by Gasteiger charge is -2.36. The van der Waals surface area contributed by atoms with E-state index in [4.69, 9.17) is 5.11 Å². The number of hydrogen-bond donors (Lipinski definition) is 2. The lowest BCUT2D eigenvalue weighted by atomic mass is 9.73. The zero-order valence-electron chi connectivity index (χ0n) is 9.21. The molecular formula is C11H20O3. The molecule has 0 aromatic heterocycles. The topological polar surface area (TPSA) is 57.5 Å². The van der Waals surface area contributed by atoms with E-state index in [1.54, 1.807) is 13.8 Å². The number of carboxylic acid groups (broad SMARTS) is 1. The number of aliphatic hydroxyl groups is 1. The molecular weight excluding hydrogens is 180 g/mol. The molecule has 1 aliphatic carbocycles. The minimum absolute atomic E-state index is 0.485. The first-order valence-electron chi connectivity index (χ1n) is 5.29. The van der Waals surface area contributed by atoms with Gasteiger partial charge in [-0.05, 0) is 39.0 Å². The van der Waals surface area contributed by atoms with Crippen LogP contribution >= 0.6 is 0 Å². The van der Waals surface area contributed by atoms with Gasteiger partial charge in [0.1, 0.15) is 0 Å². The van der Waals surface area contributed by atoms with E-state index in [1.165, 1.54) is 0 Å². The highest BCUT2D eigenvalue weighted by Crippen LogP contribution is 2.47. The Bertz CT molecular complexity index is 235. The molecule has 1 aliphatic rings. The Morgan fingerprint density at radius 2 is 2.14 bits per heavy atom. The van der Waals surface area contributed by atoms with Gasteiger partial charge in [-0.2, -0.15) is 0 Å². The average molecular weight is 200 g/mol. The SMILES string of the molecule is CCC1CCC(O)(C(C)(C)C(=O)O)C1. The minimum Gasteiger partial charge on any atom is -0.481 e. The molecule has 82 valence electrons. The third-order valence-corrected chi connectivity index (χ3v) is 3.87. The van der Waals surface area contributed by atoms with E-state index in [1.807, 2.05) is 0 Å². The summed E-state index contributed by atoms with van der Waals surface area (Å²) in [5.74, 6) is -0.421. The smallest absolute Gasteiger partial charge is 0.312 e. The monoisotopic (exact) mass is 200 g/mol. The molecule has 3 nitrogen and oxygen atoms in total. The van der Waals surface area contributed by atoms with Crippen LogP contribution in [0.1, 0.15) is 46.5 Å². The summed E-state index contributed by atoms with van der Waals surface area (Å²) in [6.45, 7) is 5.32. The van der Waals surface area contributed by atoms with Gasteiger partial charge in [0.15, 0.2) is 0 Å². The van der Waals surface area contributed by atoms with Gasteiger partial charge in [-0.25, -0.2) is 0 Å². The second-order valence-electron chi connectivity index (χ2n) is 4.98. The third-order valence-electron chi connectivity index (χ3n) is 3.87. The molecule has 0 bridgehead atoms. The van der Waals surface area contributed by atoms with E-state index < -0.39 is 17.0 Å². The van der Waals surface area contributed by atoms with Crippen LogP contribution in [0.3, 0.4) is 0 Å². The summed E-state index contributed by atoms with van der Waals surface area (Å²) in [5.41, 5.74) is -2.05. The summed E-state index contributed by atoms with van der Waals surface area (Å²) >= 11 is 0. The zero-order chi connectivity index (χ0) is 11.0. The molecule has 0 aromatic rings. The summed E-state index contributed by atoms with van der Waals surface area (Å²) in [6.07, 6.45) is 3.22. The van der Waals surface area contributed by atoms with E-state index in [0.717, 1.165) is 12.8 Å². The van der Waals surface area contributed by atoms with E-state index >= 15 is 0 Å². The zero-order valence-corrected chi connectivity index (χ0v) is 9.21. The van der Waals surface area contributed by atoms with Gasteiger partial charge in [0.05, 0.1) is 11.0 Å². The van der Waals surface area contributed by atoms with Gasteiger partial charge in [-0.15, -0.1) is 0 Å². The predicted octanol–water partition coefficient (Wildman–Crippen LogP) is 2.04. The van der Waals surface area contributed by atoms with Crippen molar-refractivity contribution in [1.29, 1.82) is 0 Å². The van der Waals surface area contributed by atoms with Gasteiger partial charge in [0.25, 0.3) is 0 Å². The molecule has 3 heteroatoms. The van der Waals surface area contributed by atoms with E-state index in [0.29, 0.717) is 18.8 Å². The molecule has 2 unspecified atom stereocenters. The lowest BCUT2D eigenvalue weighted by Crippen LogP contribution is -2.47. The number of hydrogen-bond acceptors (Lipinski definition) is 2. The molecule has 1 rings (SSSR count). The van der Waals surface area contributed by atoms with Crippen molar-refractivity contribution >= 4 is 5.97 Å². The quantitative estimate of drug-likeness (QED) is 0.733. The van der Waals surface area contributed by atoms with E-state index in [-0.39, 0.29) is 0 Å². The van der Waals surface area contributed by atoms with Crippen molar-refractivity contribution in [3.8, 4) is 0 Å².